The lowest BCUT2D eigenvalue weighted by Gasteiger charge is -2.06. The average Bonchev–Trinajstić information content (AvgIpc) is 2.32. The second kappa shape index (κ2) is 5.32. The van der Waals surface area contributed by atoms with Gasteiger partial charge < -0.3 is 11.1 Å². The molecule has 1 aromatic carbocycles. The second-order valence-corrected chi connectivity index (χ2v) is 4.60. The SMILES string of the molecule is Nc1ccc(Br)c(C(=O)Nc2ccnc(Cl)n2)c1. The van der Waals surface area contributed by atoms with Gasteiger partial charge in [0.2, 0.25) is 5.28 Å². The first kappa shape index (κ1) is 12.8. The molecule has 18 heavy (non-hydrogen) atoms. The number of rotatable bonds is 2. The number of amides is 1. The number of nitrogens with one attached hydrogen (secondary N) is 1. The van der Waals surface area contributed by atoms with E-state index in [-0.39, 0.29) is 11.2 Å². The summed E-state index contributed by atoms with van der Waals surface area (Å²) in [6, 6.07) is 6.52. The van der Waals surface area contributed by atoms with Gasteiger partial charge in [0.1, 0.15) is 5.82 Å². The van der Waals surface area contributed by atoms with Crippen LogP contribution in [0.2, 0.25) is 5.28 Å². The maximum Gasteiger partial charge on any atom is 0.258 e. The van der Waals surface area contributed by atoms with Gasteiger partial charge in [0.05, 0.1) is 5.56 Å². The summed E-state index contributed by atoms with van der Waals surface area (Å²) < 4.78 is 0.648. The summed E-state index contributed by atoms with van der Waals surface area (Å²) in [6.45, 7) is 0. The molecule has 1 heterocycles. The minimum Gasteiger partial charge on any atom is -0.399 e. The lowest BCUT2D eigenvalue weighted by atomic mass is 10.2. The zero-order valence-electron chi connectivity index (χ0n) is 9.02. The van der Waals surface area contributed by atoms with E-state index < -0.39 is 0 Å². The Balaban J connectivity index is 2.24. The van der Waals surface area contributed by atoms with Crippen molar-refractivity contribution < 1.29 is 4.79 Å². The highest BCUT2D eigenvalue weighted by Gasteiger charge is 2.11. The molecule has 5 nitrogen and oxygen atoms in total. The van der Waals surface area contributed by atoms with Crippen LogP contribution in [-0.4, -0.2) is 15.9 Å². The summed E-state index contributed by atoms with van der Waals surface area (Å²) in [7, 11) is 0. The number of anilines is 2. The predicted octanol–water partition coefficient (Wildman–Crippen LogP) is 2.73. The molecule has 0 unspecified atom stereocenters. The lowest BCUT2D eigenvalue weighted by molar-refractivity contribution is 0.102. The average molecular weight is 328 g/mol. The highest BCUT2D eigenvalue weighted by molar-refractivity contribution is 9.10. The second-order valence-electron chi connectivity index (χ2n) is 3.40. The normalized spacial score (nSPS) is 10.1. The maximum atomic E-state index is 12.0. The number of aromatic nitrogens is 2. The number of nitrogen functional groups attached to an aromatic ring is 1. The molecule has 2 aromatic rings. The van der Waals surface area contributed by atoms with Gasteiger partial charge in [-0.1, -0.05) is 0 Å². The van der Waals surface area contributed by atoms with Crippen molar-refractivity contribution in [3.8, 4) is 0 Å². The van der Waals surface area contributed by atoms with Gasteiger partial charge >= 0.3 is 0 Å². The molecule has 0 spiro atoms. The van der Waals surface area contributed by atoms with Crippen LogP contribution >= 0.6 is 27.5 Å². The first-order chi connectivity index (χ1) is 8.56. The Kier molecular flexibility index (Phi) is 3.78. The van der Waals surface area contributed by atoms with Crippen molar-refractivity contribution in [3.05, 3.63) is 45.8 Å². The molecule has 1 amide bonds. The summed E-state index contributed by atoms with van der Waals surface area (Å²) in [5.41, 5.74) is 6.56. The van der Waals surface area contributed by atoms with Crippen LogP contribution in [0.4, 0.5) is 11.5 Å². The van der Waals surface area contributed by atoms with Gasteiger partial charge in [-0.2, -0.15) is 0 Å². The topological polar surface area (TPSA) is 80.9 Å². The fraction of sp³-hybridized carbons (Fsp3) is 0. The summed E-state index contributed by atoms with van der Waals surface area (Å²) in [5.74, 6) is -0.00161. The quantitative estimate of drug-likeness (QED) is 0.656. The summed E-state index contributed by atoms with van der Waals surface area (Å²) >= 11 is 8.91. The van der Waals surface area contributed by atoms with Crippen LogP contribution in [0.25, 0.3) is 0 Å². The molecule has 0 aliphatic rings. The van der Waals surface area contributed by atoms with E-state index in [0.29, 0.717) is 21.5 Å². The van der Waals surface area contributed by atoms with E-state index in [9.17, 15) is 4.79 Å². The molecule has 1 aromatic heterocycles. The van der Waals surface area contributed by atoms with Crippen LogP contribution in [0, 0.1) is 0 Å². The molecule has 92 valence electrons. The van der Waals surface area contributed by atoms with Crippen LogP contribution in [0.3, 0.4) is 0 Å². The largest absolute Gasteiger partial charge is 0.399 e. The van der Waals surface area contributed by atoms with Crippen LogP contribution < -0.4 is 11.1 Å². The Bertz CT molecular complexity index is 605. The molecular weight excluding hydrogens is 320 g/mol. The fourth-order valence-electron chi connectivity index (χ4n) is 1.31. The van der Waals surface area contributed by atoms with Gasteiger partial charge in [-0.05, 0) is 51.8 Å². The van der Waals surface area contributed by atoms with Gasteiger partial charge in [-0.25, -0.2) is 9.97 Å². The maximum absolute atomic E-state index is 12.0. The van der Waals surface area contributed by atoms with Crippen LogP contribution in [0.15, 0.2) is 34.9 Å². The Labute approximate surface area is 117 Å². The fourth-order valence-corrected chi connectivity index (χ4v) is 1.88. The molecule has 2 rings (SSSR count). The van der Waals surface area contributed by atoms with E-state index in [1.807, 2.05) is 0 Å². The van der Waals surface area contributed by atoms with Gasteiger partial charge in [0, 0.05) is 16.4 Å². The monoisotopic (exact) mass is 326 g/mol. The minimum absolute atomic E-state index is 0.0689. The molecule has 3 N–H and O–H groups in total. The lowest BCUT2D eigenvalue weighted by Crippen LogP contribution is -2.14. The Morgan fingerprint density at radius 1 is 1.39 bits per heavy atom. The minimum atomic E-state index is -0.330. The van der Waals surface area contributed by atoms with E-state index in [1.54, 1.807) is 24.3 Å². The van der Waals surface area contributed by atoms with E-state index >= 15 is 0 Å². The number of carbonyl (C=O) groups is 1. The number of hydrogen-bond acceptors (Lipinski definition) is 4. The molecule has 0 bridgehead atoms. The third kappa shape index (κ3) is 2.96. The zero-order chi connectivity index (χ0) is 13.1. The number of nitrogens with two attached hydrogens (primary N) is 1. The number of hydrogen-bond donors (Lipinski definition) is 2. The molecule has 0 aliphatic heterocycles. The smallest absolute Gasteiger partial charge is 0.258 e. The molecule has 0 saturated carbocycles. The summed E-state index contributed by atoms with van der Waals surface area (Å²) in [5, 5.41) is 2.68. The van der Waals surface area contributed by atoms with Gasteiger partial charge in [0.15, 0.2) is 0 Å². The first-order valence-electron chi connectivity index (χ1n) is 4.91. The van der Waals surface area contributed by atoms with Crippen molar-refractivity contribution in [2.75, 3.05) is 11.1 Å². The number of halogens is 2. The molecule has 0 aliphatic carbocycles. The van der Waals surface area contributed by atoms with Crippen molar-refractivity contribution in [3.63, 3.8) is 0 Å². The van der Waals surface area contributed by atoms with E-state index in [1.165, 1.54) is 6.20 Å². The van der Waals surface area contributed by atoms with E-state index in [2.05, 4.69) is 31.2 Å². The molecule has 7 heteroatoms. The van der Waals surface area contributed by atoms with E-state index in [4.69, 9.17) is 17.3 Å². The van der Waals surface area contributed by atoms with Gasteiger partial charge in [-0.15, -0.1) is 0 Å². The van der Waals surface area contributed by atoms with Crippen molar-refractivity contribution in [1.29, 1.82) is 0 Å². The van der Waals surface area contributed by atoms with E-state index in [0.717, 1.165) is 0 Å². The number of carbonyl (C=O) groups excluding carboxylic acids is 1. The van der Waals surface area contributed by atoms with Gasteiger partial charge in [-0.3, -0.25) is 4.79 Å². The molecule has 0 radical (unpaired) electrons. The highest BCUT2D eigenvalue weighted by Crippen LogP contribution is 2.20. The molecule has 0 saturated heterocycles. The summed E-state index contributed by atoms with van der Waals surface area (Å²) in [6.07, 6.45) is 1.46. The molecular formula is C11H8BrClN4O. The number of nitrogens with zero attached hydrogens (tertiary/aromatic N) is 2. The first-order valence-corrected chi connectivity index (χ1v) is 6.08. The molecule has 0 atom stereocenters. The van der Waals surface area contributed by atoms with Crippen LogP contribution in [0.1, 0.15) is 10.4 Å². The van der Waals surface area contributed by atoms with Crippen molar-refractivity contribution in [1.82, 2.24) is 9.97 Å². The third-order valence-corrected chi connectivity index (χ3v) is 2.98. The number of benzene rings is 1. The Morgan fingerprint density at radius 2 is 2.17 bits per heavy atom. The summed E-state index contributed by atoms with van der Waals surface area (Å²) in [4.78, 5) is 19.6. The zero-order valence-corrected chi connectivity index (χ0v) is 11.4. The van der Waals surface area contributed by atoms with Crippen molar-refractivity contribution in [2.45, 2.75) is 0 Å². The molecule has 0 fully saturated rings. The van der Waals surface area contributed by atoms with Crippen molar-refractivity contribution in [2.24, 2.45) is 0 Å². The van der Waals surface area contributed by atoms with Crippen molar-refractivity contribution >= 4 is 44.9 Å². The van der Waals surface area contributed by atoms with Gasteiger partial charge in [0.25, 0.3) is 5.91 Å². The van der Waals surface area contributed by atoms with Crippen LogP contribution in [-0.2, 0) is 0 Å². The van der Waals surface area contributed by atoms with Crippen LogP contribution in [0.5, 0.6) is 0 Å². The Hall–Kier alpha value is -1.66. The predicted molar refractivity (Wildman–Crippen MR) is 73.5 cm³/mol. The standard InChI is InChI=1S/C11H8BrClN4O/c12-8-2-1-6(14)5-7(8)10(18)16-9-3-4-15-11(13)17-9/h1-5H,14H2,(H,15,16,17,18). The highest BCUT2D eigenvalue weighted by atomic mass is 79.9. The third-order valence-electron chi connectivity index (χ3n) is 2.10. The Morgan fingerprint density at radius 3 is 2.89 bits per heavy atom.